The molecule has 35 heavy (non-hydrogen) atoms. The van der Waals surface area contributed by atoms with Gasteiger partial charge in [0.15, 0.2) is 11.6 Å². The van der Waals surface area contributed by atoms with Gasteiger partial charge < -0.3 is 14.7 Å². The number of pyridine rings is 1. The molecule has 0 spiro atoms. The summed E-state index contributed by atoms with van der Waals surface area (Å²) in [6, 6.07) is 6.57. The Morgan fingerprint density at radius 2 is 2.03 bits per heavy atom. The lowest BCUT2D eigenvalue weighted by atomic mass is 9.89. The van der Waals surface area contributed by atoms with Crippen molar-refractivity contribution in [1.29, 1.82) is 0 Å². The van der Waals surface area contributed by atoms with Gasteiger partial charge in [0, 0.05) is 29.1 Å². The Morgan fingerprint density at radius 3 is 2.80 bits per heavy atom. The van der Waals surface area contributed by atoms with Gasteiger partial charge in [0.1, 0.15) is 16.8 Å². The van der Waals surface area contributed by atoms with E-state index in [1.165, 1.54) is 11.3 Å². The van der Waals surface area contributed by atoms with Crippen molar-refractivity contribution in [2.45, 2.75) is 38.4 Å². The number of hydrogen-bond acceptors (Lipinski definition) is 6. The molecule has 0 aliphatic carbocycles. The molecule has 5 heterocycles. The second kappa shape index (κ2) is 8.22. The number of thiophene rings is 1. The highest BCUT2D eigenvalue weighted by atomic mass is 32.1. The molecule has 12 heteroatoms. The molecule has 1 aliphatic heterocycles. The van der Waals surface area contributed by atoms with Crippen LogP contribution in [-0.2, 0) is 18.4 Å². The summed E-state index contributed by atoms with van der Waals surface area (Å²) in [4.78, 5) is 32.8. The van der Waals surface area contributed by atoms with Crippen LogP contribution in [-0.4, -0.2) is 44.0 Å². The van der Waals surface area contributed by atoms with E-state index in [1.54, 1.807) is 27.1 Å². The van der Waals surface area contributed by atoms with Gasteiger partial charge in [-0.25, -0.2) is 4.98 Å². The van der Waals surface area contributed by atoms with Crippen molar-refractivity contribution >= 4 is 34.6 Å². The first-order valence-corrected chi connectivity index (χ1v) is 11.6. The smallest absolute Gasteiger partial charge is 0.358 e. The lowest BCUT2D eigenvalue weighted by Crippen LogP contribution is -2.36. The zero-order chi connectivity index (χ0) is 25.0. The molecule has 4 aromatic heterocycles. The molecule has 0 atom stereocenters. The van der Waals surface area contributed by atoms with Crippen molar-refractivity contribution in [3.63, 3.8) is 0 Å². The van der Waals surface area contributed by atoms with E-state index in [9.17, 15) is 22.8 Å². The Balaban J connectivity index is 1.30. The standard InChI is InChI=1S/C23H20F3N5O3S/c1-22(2,23(24,25)26)17-9-18(29-34-17)28-20(32)14-12-35-16-11-30(8-6-13(14)16)21(33)15-10-27-19-5-3-4-7-31(15)19/h3-5,7,9-10,12H,6,8,11H2,1-2H3,(H,28,29,32). The third-order valence-corrected chi connectivity index (χ3v) is 7.20. The summed E-state index contributed by atoms with van der Waals surface area (Å²) in [7, 11) is 0. The minimum absolute atomic E-state index is 0.0949. The van der Waals surface area contributed by atoms with Crippen molar-refractivity contribution in [3.05, 3.63) is 69.5 Å². The SMILES string of the molecule is CC(C)(c1cc(NC(=O)c2csc3c2CCN(C(=O)c2cnc4ccccn24)C3)no1)C(F)(F)F. The Labute approximate surface area is 201 Å². The molecule has 0 unspecified atom stereocenters. The van der Waals surface area contributed by atoms with Gasteiger partial charge in [-0.1, -0.05) is 11.2 Å². The van der Waals surface area contributed by atoms with E-state index in [4.69, 9.17) is 4.52 Å². The fraction of sp³-hybridized carbons (Fsp3) is 0.304. The fourth-order valence-electron chi connectivity index (χ4n) is 3.90. The quantitative estimate of drug-likeness (QED) is 0.437. The lowest BCUT2D eigenvalue weighted by molar-refractivity contribution is -0.185. The zero-order valence-corrected chi connectivity index (χ0v) is 19.5. The van der Waals surface area contributed by atoms with Crippen LogP contribution in [0.2, 0.25) is 0 Å². The van der Waals surface area contributed by atoms with Crippen molar-refractivity contribution in [2.75, 3.05) is 11.9 Å². The number of hydrogen-bond donors (Lipinski definition) is 1. The highest BCUT2D eigenvalue weighted by molar-refractivity contribution is 7.10. The fourth-order valence-corrected chi connectivity index (χ4v) is 4.99. The molecule has 0 saturated carbocycles. The maximum absolute atomic E-state index is 13.3. The van der Waals surface area contributed by atoms with Gasteiger partial charge in [0.2, 0.25) is 0 Å². The van der Waals surface area contributed by atoms with E-state index < -0.39 is 23.3 Å². The number of imidazole rings is 1. The van der Waals surface area contributed by atoms with Crippen LogP contribution in [0.3, 0.4) is 0 Å². The van der Waals surface area contributed by atoms with E-state index >= 15 is 0 Å². The average Bonchev–Trinajstić information content (AvgIpc) is 3.55. The summed E-state index contributed by atoms with van der Waals surface area (Å²) < 4.78 is 46.3. The number of amides is 2. The Bertz CT molecular complexity index is 1440. The minimum atomic E-state index is -4.53. The van der Waals surface area contributed by atoms with Crippen LogP contribution in [0.1, 0.15) is 50.9 Å². The number of anilines is 1. The first-order valence-electron chi connectivity index (χ1n) is 10.7. The monoisotopic (exact) mass is 503 g/mol. The topological polar surface area (TPSA) is 92.7 Å². The average molecular weight is 504 g/mol. The molecule has 0 saturated heterocycles. The molecule has 182 valence electrons. The molecule has 0 aromatic carbocycles. The molecule has 8 nitrogen and oxygen atoms in total. The Kier molecular flexibility index (Phi) is 5.42. The van der Waals surface area contributed by atoms with Crippen molar-refractivity contribution in [3.8, 4) is 0 Å². The second-order valence-electron chi connectivity index (χ2n) is 8.75. The van der Waals surface area contributed by atoms with Crippen LogP contribution in [0.15, 0.2) is 46.6 Å². The maximum Gasteiger partial charge on any atom is 0.401 e. The second-order valence-corrected chi connectivity index (χ2v) is 9.72. The van der Waals surface area contributed by atoms with Gasteiger partial charge in [-0.05, 0) is 38.0 Å². The van der Waals surface area contributed by atoms with Crippen molar-refractivity contribution in [1.82, 2.24) is 19.4 Å². The van der Waals surface area contributed by atoms with Gasteiger partial charge in [-0.3, -0.25) is 14.0 Å². The summed E-state index contributed by atoms with van der Waals surface area (Å²) >= 11 is 1.36. The molecular weight excluding hydrogens is 483 g/mol. The van der Waals surface area contributed by atoms with Gasteiger partial charge in [0.05, 0.1) is 18.3 Å². The summed E-state index contributed by atoms with van der Waals surface area (Å²) in [6.07, 6.45) is -0.738. The largest absolute Gasteiger partial charge is 0.401 e. The maximum atomic E-state index is 13.3. The number of nitrogens with zero attached hydrogens (tertiary/aromatic N) is 4. The molecular formula is C23H20F3N5O3S. The van der Waals surface area contributed by atoms with Crippen LogP contribution in [0.25, 0.3) is 5.65 Å². The predicted molar refractivity (Wildman–Crippen MR) is 121 cm³/mol. The van der Waals surface area contributed by atoms with Crippen LogP contribution < -0.4 is 5.32 Å². The number of carbonyl (C=O) groups excluding carboxylic acids is 2. The normalized spacial score (nSPS) is 14.3. The van der Waals surface area contributed by atoms with Crippen LogP contribution in [0, 0.1) is 0 Å². The number of carbonyl (C=O) groups is 2. The summed E-state index contributed by atoms with van der Waals surface area (Å²) in [5, 5.41) is 7.78. The molecule has 5 rings (SSSR count). The molecule has 4 aromatic rings. The van der Waals surface area contributed by atoms with E-state index in [0.717, 1.165) is 30.4 Å². The van der Waals surface area contributed by atoms with Crippen LogP contribution in [0.5, 0.6) is 0 Å². The molecule has 1 aliphatic rings. The van der Waals surface area contributed by atoms with E-state index in [-0.39, 0.29) is 11.7 Å². The van der Waals surface area contributed by atoms with Crippen LogP contribution >= 0.6 is 11.3 Å². The minimum Gasteiger partial charge on any atom is -0.358 e. The summed E-state index contributed by atoms with van der Waals surface area (Å²) in [5.41, 5.74) is 0.113. The van der Waals surface area contributed by atoms with Gasteiger partial charge in [-0.2, -0.15) is 13.2 Å². The third kappa shape index (κ3) is 3.97. The molecule has 0 radical (unpaired) electrons. The van der Waals surface area contributed by atoms with E-state index in [1.807, 2.05) is 18.2 Å². The zero-order valence-electron chi connectivity index (χ0n) is 18.7. The predicted octanol–water partition coefficient (Wildman–Crippen LogP) is 4.67. The van der Waals surface area contributed by atoms with Crippen molar-refractivity contribution < 1.29 is 27.3 Å². The number of rotatable bonds is 4. The summed E-state index contributed by atoms with van der Waals surface area (Å²) in [6.45, 7) is 2.72. The highest BCUT2D eigenvalue weighted by Crippen LogP contribution is 2.41. The van der Waals surface area contributed by atoms with Crippen LogP contribution in [0.4, 0.5) is 19.0 Å². The molecule has 1 N–H and O–H groups in total. The highest BCUT2D eigenvalue weighted by Gasteiger charge is 2.51. The number of nitrogens with one attached hydrogen (secondary N) is 1. The molecule has 0 fully saturated rings. The van der Waals surface area contributed by atoms with Gasteiger partial charge in [0.25, 0.3) is 11.8 Å². The summed E-state index contributed by atoms with van der Waals surface area (Å²) in [5.74, 6) is -1.14. The molecule has 2 amide bonds. The number of halogens is 3. The first-order chi connectivity index (χ1) is 16.6. The Morgan fingerprint density at radius 1 is 1.23 bits per heavy atom. The van der Waals surface area contributed by atoms with Gasteiger partial charge >= 0.3 is 6.18 Å². The molecule has 0 bridgehead atoms. The lowest BCUT2D eigenvalue weighted by Gasteiger charge is -2.27. The third-order valence-electron chi connectivity index (χ3n) is 6.19. The van der Waals surface area contributed by atoms with Gasteiger partial charge in [-0.15, -0.1) is 11.3 Å². The van der Waals surface area contributed by atoms with E-state index in [0.29, 0.717) is 36.4 Å². The number of aromatic nitrogens is 3. The van der Waals surface area contributed by atoms with E-state index in [2.05, 4.69) is 15.5 Å². The Hall–Kier alpha value is -3.67. The van der Waals surface area contributed by atoms with Crippen molar-refractivity contribution in [2.24, 2.45) is 0 Å². The number of alkyl halides is 3. The number of fused-ring (bicyclic) bond motifs is 2. The first kappa shape index (κ1) is 23.1.